The van der Waals surface area contributed by atoms with Crippen molar-refractivity contribution in [1.82, 2.24) is 0 Å². The number of rotatable bonds is 0. The molecule has 0 spiro atoms. The van der Waals surface area contributed by atoms with Crippen LogP contribution in [-0.4, -0.2) is 29.6 Å². The second-order valence-electron chi connectivity index (χ2n) is 5.91. The Kier molecular flexibility index (Phi) is 2.68. The van der Waals surface area contributed by atoms with Crippen LogP contribution in [0.5, 0.6) is 0 Å². The van der Waals surface area contributed by atoms with Gasteiger partial charge in [-0.2, -0.15) is 0 Å². The Bertz CT molecular complexity index is 504. The van der Waals surface area contributed by atoms with Crippen molar-refractivity contribution in [3.63, 3.8) is 0 Å². The Morgan fingerprint density at radius 2 is 2.16 bits per heavy atom. The molecule has 3 rings (SSSR count). The van der Waals surface area contributed by atoms with Crippen molar-refractivity contribution < 1.29 is 19.1 Å². The van der Waals surface area contributed by atoms with Gasteiger partial charge in [0.2, 0.25) is 0 Å². The van der Waals surface area contributed by atoms with E-state index < -0.39 is 0 Å². The van der Waals surface area contributed by atoms with Crippen molar-refractivity contribution in [3.8, 4) is 0 Å². The summed E-state index contributed by atoms with van der Waals surface area (Å²) in [6, 6.07) is 0. The first-order chi connectivity index (χ1) is 8.92. The molecule has 0 radical (unpaired) electrons. The summed E-state index contributed by atoms with van der Waals surface area (Å²) in [5.74, 6) is -0.562. The lowest BCUT2D eigenvalue weighted by atomic mass is 9.83. The maximum absolute atomic E-state index is 12.1. The molecule has 0 saturated carbocycles. The molecule has 0 bridgehead atoms. The van der Waals surface area contributed by atoms with E-state index in [1.165, 1.54) is 0 Å². The standard InChI is InChI=1S/C15H18O4/c1-8-5-4-6-15(3)13(19-15)12-10(7-11(8)16)9(2)14(17)18-12/h5,10,12-13H,2,4,6-7H2,1,3H3/b8-5-/t10-,12-,13-,15+/m0/s1. The third kappa shape index (κ3) is 1.94. The van der Waals surface area contributed by atoms with E-state index in [2.05, 4.69) is 6.58 Å². The average Bonchev–Trinajstić information content (AvgIpc) is 2.95. The van der Waals surface area contributed by atoms with Crippen LogP contribution in [0.4, 0.5) is 0 Å². The van der Waals surface area contributed by atoms with Crippen LogP contribution in [-0.2, 0) is 19.1 Å². The van der Waals surface area contributed by atoms with Gasteiger partial charge < -0.3 is 9.47 Å². The number of Topliss-reactive ketones (excluding diaryl/α,β-unsaturated/α-hetero) is 1. The second-order valence-corrected chi connectivity index (χ2v) is 5.91. The molecule has 102 valence electrons. The number of carbonyl (C=O) groups is 2. The summed E-state index contributed by atoms with van der Waals surface area (Å²) >= 11 is 0. The van der Waals surface area contributed by atoms with Crippen LogP contribution >= 0.6 is 0 Å². The third-order valence-electron chi connectivity index (χ3n) is 4.53. The number of allylic oxidation sites excluding steroid dienone is 2. The minimum absolute atomic E-state index is 0.0682. The second kappa shape index (κ2) is 4.04. The van der Waals surface area contributed by atoms with Crippen LogP contribution in [0.15, 0.2) is 23.8 Å². The molecule has 2 fully saturated rings. The van der Waals surface area contributed by atoms with Crippen LogP contribution in [0.1, 0.15) is 33.1 Å². The van der Waals surface area contributed by atoms with Crippen molar-refractivity contribution in [2.24, 2.45) is 5.92 Å². The fraction of sp³-hybridized carbons (Fsp3) is 0.600. The van der Waals surface area contributed by atoms with Crippen molar-refractivity contribution in [1.29, 1.82) is 0 Å². The van der Waals surface area contributed by atoms with E-state index in [1.54, 1.807) is 0 Å². The molecule has 4 atom stereocenters. The number of hydrogen-bond acceptors (Lipinski definition) is 4. The maximum Gasteiger partial charge on any atom is 0.334 e. The van der Waals surface area contributed by atoms with E-state index in [9.17, 15) is 9.59 Å². The molecule has 3 aliphatic rings. The van der Waals surface area contributed by atoms with Gasteiger partial charge >= 0.3 is 5.97 Å². The molecule has 2 heterocycles. The van der Waals surface area contributed by atoms with E-state index in [0.717, 1.165) is 18.4 Å². The number of fused-ring (bicyclic) bond motifs is 3. The van der Waals surface area contributed by atoms with Crippen LogP contribution in [0.3, 0.4) is 0 Å². The topological polar surface area (TPSA) is 55.9 Å². The molecule has 2 aliphatic heterocycles. The maximum atomic E-state index is 12.1. The van der Waals surface area contributed by atoms with E-state index in [4.69, 9.17) is 9.47 Å². The van der Waals surface area contributed by atoms with Crippen LogP contribution < -0.4 is 0 Å². The van der Waals surface area contributed by atoms with E-state index in [-0.39, 0.29) is 41.9 Å². The zero-order valence-corrected chi connectivity index (χ0v) is 11.3. The number of ketones is 1. The summed E-state index contributed by atoms with van der Waals surface area (Å²) in [7, 11) is 0. The van der Waals surface area contributed by atoms with Gasteiger partial charge in [-0.3, -0.25) is 4.79 Å². The molecule has 2 saturated heterocycles. The van der Waals surface area contributed by atoms with Crippen molar-refractivity contribution in [3.05, 3.63) is 23.8 Å². The van der Waals surface area contributed by atoms with Crippen molar-refractivity contribution >= 4 is 11.8 Å². The SMILES string of the molecule is C=C1C(=O)O[C@H]2[C@H]1CC(=O)/C(C)=C\CC[C@@]1(C)O[C@@H]21. The van der Waals surface area contributed by atoms with Gasteiger partial charge in [0.25, 0.3) is 0 Å². The van der Waals surface area contributed by atoms with Crippen molar-refractivity contribution in [2.45, 2.75) is 50.9 Å². The Hall–Kier alpha value is -1.42. The molecule has 1 aliphatic carbocycles. The smallest absolute Gasteiger partial charge is 0.334 e. The zero-order valence-electron chi connectivity index (χ0n) is 11.3. The fourth-order valence-corrected chi connectivity index (χ4v) is 3.06. The molecular formula is C15H18O4. The Labute approximate surface area is 112 Å². The molecular weight excluding hydrogens is 244 g/mol. The van der Waals surface area contributed by atoms with Gasteiger partial charge in [-0.05, 0) is 32.3 Å². The minimum Gasteiger partial charge on any atom is -0.455 e. The van der Waals surface area contributed by atoms with Gasteiger partial charge in [0.1, 0.15) is 12.2 Å². The Balaban J connectivity index is 1.93. The molecule has 0 unspecified atom stereocenters. The van der Waals surface area contributed by atoms with Gasteiger partial charge in [0.15, 0.2) is 5.78 Å². The highest BCUT2D eigenvalue weighted by molar-refractivity contribution is 5.98. The normalized spacial score (nSPS) is 44.8. The minimum atomic E-state index is -0.387. The predicted molar refractivity (Wildman–Crippen MR) is 68.4 cm³/mol. The Morgan fingerprint density at radius 1 is 1.42 bits per heavy atom. The quantitative estimate of drug-likeness (QED) is 0.380. The monoisotopic (exact) mass is 262 g/mol. The summed E-state index contributed by atoms with van der Waals surface area (Å²) in [4.78, 5) is 23.8. The van der Waals surface area contributed by atoms with Crippen molar-refractivity contribution in [2.75, 3.05) is 0 Å². The number of carbonyl (C=O) groups excluding carboxylic acids is 2. The molecule has 4 heteroatoms. The average molecular weight is 262 g/mol. The van der Waals surface area contributed by atoms with Crippen LogP contribution in [0, 0.1) is 5.92 Å². The van der Waals surface area contributed by atoms with Gasteiger partial charge in [0.05, 0.1) is 5.60 Å². The molecule has 0 N–H and O–H groups in total. The summed E-state index contributed by atoms with van der Waals surface area (Å²) < 4.78 is 11.1. The lowest BCUT2D eigenvalue weighted by molar-refractivity contribution is -0.140. The molecule has 4 nitrogen and oxygen atoms in total. The lowest BCUT2D eigenvalue weighted by Crippen LogP contribution is -2.30. The Morgan fingerprint density at radius 3 is 2.89 bits per heavy atom. The summed E-state index contributed by atoms with van der Waals surface area (Å²) in [5, 5.41) is 0. The number of ether oxygens (including phenoxy) is 2. The summed E-state index contributed by atoms with van der Waals surface area (Å²) in [6.45, 7) is 7.64. The molecule has 0 amide bonds. The van der Waals surface area contributed by atoms with Gasteiger partial charge in [-0.25, -0.2) is 4.79 Å². The van der Waals surface area contributed by atoms with Gasteiger partial charge in [0, 0.05) is 17.9 Å². The number of hydrogen-bond donors (Lipinski definition) is 0. The first-order valence-corrected chi connectivity index (χ1v) is 6.70. The van der Waals surface area contributed by atoms with E-state index in [0.29, 0.717) is 5.57 Å². The number of esters is 1. The molecule has 0 aromatic carbocycles. The first-order valence-electron chi connectivity index (χ1n) is 6.70. The van der Waals surface area contributed by atoms with Crippen LogP contribution in [0.2, 0.25) is 0 Å². The van der Waals surface area contributed by atoms with E-state index in [1.807, 2.05) is 19.9 Å². The highest BCUT2D eigenvalue weighted by Gasteiger charge is 2.61. The predicted octanol–water partition coefficient (Wildman–Crippen LogP) is 1.94. The largest absolute Gasteiger partial charge is 0.455 e. The zero-order chi connectivity index (χ0) is 13.8. The summed E-state index contributed by atoms with van der Waals surface area (Å²) in [6.07, 6.45) is 3.47. The molecule has 19 heavy (non-hydrogen) atoms. The first kappa shape index (κ1) is 12.6. The highest BCUT2D eigenvalue weighted by atomic mass is 16.6. The molecule has 0 aromatic rings. The van der Waals surface area contributed by atoms with Gasteiger partial charge in [-0.15, -0.1) is 0 Å². The van der Waals surface area contributed by atoms with E-state index >= 15 is 0 Å². The van der Waals surface area contributed by atoms with Crippen LogP contribution in [0.25, 0.3) is 0 Å². The summed E-state index contributed by atoms with van der Waals surface area (Å²) in [5.41, 5.74) is 0.934. The number of epoxide rings is 1. The van der Waals surface area contributed by atoms with Gasteiger partial charge in [-0.1, -0.05) is 12.7 Å². The third-order valence-corrected chi connectivity index (χ3v) is 4.53. The lowest BCUT2D eigenvalue weighted by Gasteiger charge is -2.18. The fourth-order valence-electron chi connectivity index (χ4n) is 3.06. The highest BCUT2D eigenvalue weighted by Crippen LogP contribution is 2.49. The molecule has 0 aromatic heterocycles.